The normalized spacial score (nSPS) is 13.3. The second-order valence-electron chi connectivity index (χ2n) is 10.5. The average molecular weight is 583 g/mol. The summed E-state index contributed by atoms with van der Waals surface area (Å²) in [5.41, 5.74) is 4.15. The SMILES string of the molecule is Cc1ccc(C(=O)N2CCCN(c3ccc(NC(=O)c4ccc(F)cc4)cc3C(=O)NCc3ccc(F)cc3)CC2)cc1. The van der Waals surface area contributed by atoms with Crippen LogP contribution < -0.4 is 15.5 Å². The van der Waals surface area contributed by atoms with Gasteiger partial charge in [0, 0.05) is 55.2 Å². The fourth-order valence-electron chi connectivity index (χ4n) is 5.00. The van der Waals surface area contributed by atoms with Crippen molar-refractivity contribution >= 4 is 29.1 Å². The Balaban J connectivity index is 1.36. The first-order valence-electron chi connectivity index (χ1n) is 14.1. The van der Waals surface area contributed by atoms with Crippen LogP contribution in [0.2, 0.25) is 0 Å². The van der Waals surface area contributed by atoms with E-state index in [1.165, 1.54) is 36.4 Å². The first-order valence-corrected chi connectivity index (χ1v) is 14.1. The van der Waals surface area contributed by atoms with Crippen molar-refractivity contribution in [1.82, 2.24) is 10.2 Å². The predicted octanol–water partition coefficient (Wildman–Crippen LogP) is 5.81. The Hall–Kier alpha value is -5.05. The zero-order chi connectivity index (χ0) is 30.3. The van der Waals surface area contributed by atoms with Crippen molar-refractivity contribution in [3.8, 4) is 0 Å². The minimum atomic E-state index is -0.447. The molecule has 4 aromatic carbocycles. The maximum Gasteiger partial charge on any atom is 0.255 e. The van der Waals surface area contributed by atoms with Gasteiger partial charge in [0.1, 0.15) is 11.6 Å². The molecule has 4 aromatic rings. The van der Waals surface area contributed by atoms with Crippen LogP contribution in [0.25, 0.3) is 0 Å². The molecule has 5 rings (SSSR count). The molecule has 1 fully saturated rings. The molecule has 7 nitrogen and oxygen atoms in total. The summed E-state index contributed by atoms with van der Waals surface area (Å²) in [6.45, 7) is 4.36. The van der Waals surface area contributed by atoms with E-state index in [9.17, 15) is 23.2 Å². The standard InChI is InChI=1S/C34H32F2N4O3/c1-23-3-7-26(8-4-23)34(43)40-18-2-17-39(19-20-40)31-16-15-29(38-32(41)25-9-13-28(36)14-10-25)21-30(31)33(42)37-22-24-5-11-27(35)12-6-24/h3-16,21H,2,17-20,22H2,1H3,(H,37,42)(H,38,41). The molecule has 1 heterocycles. The highest BCUT2D eigenvalue weighted by Crippen LogP contribution is 2.27. The summed E-state index contributed by atoms with van der Waals surface area (Å²) in [7, 11) is 0. The van der Waals surface area contributed by atoms with Crippen LogP contribution in [0.4, 0.5) is 20.2 Å². The van der Waals surface area contributed by atoms with Crippen LogP contribution in [0.15, 0.2) is 91.0 Å². The summed E-state index contributed by atoms with van der Waals surface area (Å²) >= 11 is 0. The lowest BCUT2D eigenvalue weighted by molar-refractivity contribution is 0.0766. The second-order valence-corrected chi connectivity index (χ2v) is 10.5. The van der Waals surface area contributed by atoms with Crippen molar-refractivity contribution in [1.29, 1.82) is 0 Å². The highest BCUT2D eigenvalue weighted by atomic mass is 19.1. The number of hydrogen-bond donors (Lipinski definition) is 2. The Bertz CT molecular complexity index is 1610. The van der Waals surface area contributed by atoms with Gasteiger partial charge in [0.15, 0.2) is 0 Å². The monoisotopic (exact) mass is 582 g/mol. The van der Waals surface area contributed by atoms with Crippen molar-refractivity contribution in [3.63, 3.8) is 0 Å². The number of anilines is 2. The van der Waals surface area contributed by atoms with Gasteiger partial charge in [-0.05, 0) is 85.6 Å². The molecule has 0 bridgehead atoms. The van der Waals surface area contributed by atoms with E-state index in [0.29, 0.717) is 55.1 Å². The summed E-state index contributed by atoms with van der Waals surface area (Å²) < 4.78 is 26.7. The second kappa shape index (κ2) is 13.3. The molecule has 0 aliphatic carbocycles. The molecule has 0 radical (unpaired) electrons. The van der Waals surface area contributed by atoms with Crippen LogP contribution in [-0.4, -0.2) is 48.8 Å². The molecule has 1 aliphatic rings. The Morgan fingerprint density at radius 2 is 1.37 bits per heavy atom. The number of halogens is 2. The van der Waals surface area contributed by atoms with Gasteiger partial charge in [0.05, 0.1) is 5.56 Å². The lowest BCUT2D eigenvalue weighted by Gasteiger charge is -2.26. The number of benzene rings is 4. The van der Waals surface area contributed by atoms with Crippen molar-refractivity contribution < 1.29 is 23.2 Å². The number of hydrogen-bond acceptors (Lipinski definition) is 4. The quantitative estimate of drug-likeness (QED) is 0.288. The van der Waals surface area contributed by atoms with Crippen molar-refractivity contribution in [2.45, 2.75) is 19.9 Å². The third-order valence-electron chi connectivity index (χ3n) is 7.39. The van der Waals surface area contributed by atoms with E-state index in [-0.39, 0.29) is 29.7 Å². The van der Waals surface area contributed by atoms with Gasteiger partial charge < -0.3 is 20.4 Å². The topological polar surface area (TPSA) is 81.8 Å². The molecule has 220 valence electrons. The highest BCUT2D eigenvalue weighted by Gasteiger charge is 2.24. The van der Waals surface area contributed by atoms with Gasteiger partial charge in [0.2, 0.25) is 0 Å². The number of rotatable bonds is 7. The lowest BCUT2D eigenvalue weighted by atomic mass is 10.1. The van der Waals surface area contributed by atoms with Gasteiger partial charge in [0.25, 0.3) is 17.7 Å². The molecule has 3 amide bonds. The number of nitrogens with one attached hydrogen (secondary N) is 2. The van der Waals surface area contributed by atoms with Crippen molar-refractivity contribution in [3.05, 3.63) is 130 Å². The molecule has 0 aromatic heterocycles. The Kier molecular flexibility index (Phi) is 9.10. The van der Waals surface area contributed by atoms with Crippen LogP contribution in [-0.2, 0) is 6.54 Å². The largest absolute Gasteiger partial charge is 0.369 e. The lowest BCUT2D eigenvalue weighted by Crippen LogP contribution is -2.36. The van der Waals surface area contributed by atoms with Gasteiger partial charge in [-0.1, -0.05) is 29.8 Å². The minimum Gasteiger partial charge on any atom is -0.369 e. The molecular formula is C34H32F2N4O3. The zero-order valence-corrected chi connectivity index (χ0v) is 23.8. The van der Waals surface area contributed by atoms with Crippen LogP contribution >= 0.6 is 0 Å². The van der Waals surface area contributed by atoms with Crippen molar-refractivity contribution in [2.75, 3.05) is 36.4 Å². The third kappa shape index (κ3) is 7.43. The first-order chi connectivity index (χ1) is 20.8. The summed E-state index contributed by atoms with van der Waals surface area (Å²) in [5.74, 6) is -1.65. The van der Waals surface area contributed by atoms with E-state index in [0.717, 1.165) is 11.1 Å². The fraction of sp³-hybridized carbons (Fsp3) is 0.206. The highest BCUT2D eigenvalue weighted by molar-refractivity contribution is 6.06. The molecule has 2 N–H and O–H groups in total. The van der Waals surface area contributed by atoms with Crippen LogP contribution in [0.3, 0.4) is 0 Å². The molecule has 0 saturated carbocycles. The van der Waals surface area contributed by atoms with E-state index in [1.807, 2.05) is 36.1 Å². The number of carbonyl (C=O) groups is 3. The number of amides is 3. The van der Waals surface area contributed by atoms with Gasteiger partial charge in [-0.15, -0.1) is 0 Å². The first kappa shape index (κ1) is 29.4. The van der Waals surface area contributed by atoms with Crippen LogP contribution in [0, 0.1) is 18.6 Å². The Labute approximate surface area is 249 Å². The minimum absolute atomic E-state index is 0.0297. The molecule has 43 heavy (non-hydrogen) atoms. The van der Waals surface area contributed by atoms with Crippen molar-refractivity contribution in [2.24, 2.45) is 0 Å². The van der Waals surface area contributed by atoms with Gasteiger partial charge in [-0.3, -0.25) is 14.4 Å². The summed E-state index contributed by atoms with van der Waals surface area (Å²) in [5, 5.41) is 5.68. The summed E-state index contributed by atoms with van der Waals surface area (Å²) in [4.78, 5) is 43.4. The smallest absolute Gasteiger partial charge is 0.255 e. The molecule has 1 aliphatic heterocycles. The average Bonchev–Trinajstić information content (AvgIpc) is 3.27. The van der Waals surface area contributed by atoms with E-state index in [2.05, 4.69) is 15.5 Å². The van der Waals surface area contributed by atoms with E-state index >= 15 is 0 Å². The summed E-state index contributed by atoms with van der Waals surface area (Å²) in [6.07, 6.45) is 0.706. The maximum absolute atomic E-state index is 13.5. The van der Waals surface area contributed by atoms with E-state index in [1.54, 1.807) is 30.3 Å². The molecular weight excluding hydrogens is 550 g/mol. The van der Waals surface area contributed by atoms with Gasteiger partial charge >= 0.3 is 0 Å². The zero-order valence-electron chi connectivity index (χ0n) is 23.8. The number of carbonyl (C=O) groups excluding carboxylic acids is 3. The predicted molar refractivity (Wildman–Crippen MR) is 162 cm³/mol. The molecule has 0 spiro atoms. The molecule has 9 heteroatoms. The Morgan fingerprint density at radius 1 is 0.721 bits per heavy atom. The van der Waals surface area contributed by atoms with Gasteiger partial charge in [-0.25, -0.2) is 8.78 Å². The molecule has 1 saturated heterocycles. The Morgan fingerprint density at radius 3 is 2.07 bits per heavy atom. The van der Waals surface area contributed by atoms with Crippen LogP contribution in [0.5, 0.6) is 0 Å². The molecule has 0 unspecified atom stereocenters. The van der Waals surface area contributed by atoms with Gasteiger partial charge in [-0.2, -0.15) is 0 Å². The van der Waals surface area contributed by atoms with Crippen LogP contribution in [0.1, 0.15) is 48.6 Å². The summed E-state index contributed by atoms with van der Waals surface area (Å²) in [6, 6.07) is 23.7. The maximum atomic E-state index is 13.5. The van der Waals surface area contributed by atoms with E-state index in [4.69, 9.17) is 0 Å². The number of nitrogens with zero attached hydrogens (tertiary/aromatic N) is 2. The fourth-order valence-corrected chi connectivity index (χ4v) is 5.00. The number of aryl methyl sites for hydroxylation is 1. The third-order valence-corrected chi connectivity index (χ3v) is 7.39. The molecule has 0 atom stereocenters. The van der Waals surface area contributed by atoms with E-state index < -0.39 is 11.7 Å².